The molecule has 5 nitrogen and oxygen atoms in total. The molecule has 0 atom stereocenters. The van der Waals surface area contributed by atoms with Crippen LogP contribution in [0.2, 0.25) is 5.02 Å². The average Bonchev–Trinajstić information content (AvgIpc) is 3.10. The molecule has 0 saturated heterocycles. The molecule has 2 rings (SSSR count). The molecule has 0 aliphatic heterocycles. The molecule has 1 aliphatic rings. The van der Waals surface area contributed by atoms with Crippen LogP contribution in [0, 0.1) is 0 Å². The number of amides is 2. The number of rotatable bonds is 3. The highest BCUT2D eigenvalue weighted by atomic mass is 35.5. The van der Waals surface area contributed by atoms with Gasteiger partial charge >= 0.3 is 0 Å². The number of nitrogens with zero attached hydrogens (tertiary/aromatic N) is 1. The van der Waals surface area contributed by atoms with Gasteiger partial charge in [0.1, 0.15) is 0 Å². The monoisotopic (exact) mass is 317 g/mol. The lowest BCUT2D eigenvalue weighted by molar-refractivity contribution is -0.118. The van der Waals surface area contributed by atoms with Crippen LogP contribution < -0.4 is 11.1 Å². The number of anilines is 1. The van der Waals surface area contributed by atoms with Crippen LogP contribution in [-0.2, 0) is 4.79 Å². The van der Waals surface area contributed by atoms with Crippen molar-refractivity contribution in [2.45, 2.75) is 18.4 Å². The third-order valence-electron chi connectivity index (χ3n) is 3.10. The van der Waals surface area contributed by atoms with E-state index in [0.717, 1.165) is 0 Å². The fraction of sp³-hybridized carbons (Fsp3) is 0.385. The Morgan fingerprint density at radius 1 is 1.35 bits per heavy atom. The molecule has 1 aliphatic carbocycles. The summed E-state index contributed by atoms with van der Waals surface area (Å²) in [5.74, 6) is -0.437. The Kier molecular flexibility index (Phi) is 5.02. The van der Waals surface area contributed by atoms with E-state index in [1.54, 1.807) is 32.3 Å². The maximum atomic E-state index is 11.9. The highest BCUT2D eigenvalue weighted by Crippen LogP contribution is 2.33. The minimum absolute atomic E-state index is 0. The van der Waals surface area contributed by atoms with E-state index in [1.165, 1.54) is 4.90 Å². The molecule has 1 fully saturated rings. The topological polar surface area (TPSA) is 75.4 Å². The van der Waals surface area contributed by atoms with Crippen molar-refractivity contribution < 1.29 is 9.59 Å². The predicted molar refractivity (Wildman–Crippen MR) is 81.5 cm³/mol. The molecule has 2 amide bonds. The van der Waals surface area contributed by atoms with Crippen LogP contribution in [0.15, 0.2) is 18.2 Å². The van der Waals surface area contributed by atoms with E-state index in [9.17, 15) is 9.59 Å². The van der Waals surface area contributed by atoms with Crippen molar-refractivity contribution in [1.29, 1.82) is 0 Å². The molecular formula is C13H17Cl2N3O2. The normalized spacial score (nSPS) is 15.0. The second-order valence-electron chi connectivity index (χ2n) is 5.00. The van der Waals surface area contributed by atoms with E-state index in [4.69, 9.17) is 17.3 Å². The summed E-state index contributed by atoms with van der Waals surface area (Å²) in [6.45, 7) is 0. The molecule has 1 saturated carbocycles. The number of carbonyl (C=O) groups excluding carboxylic acids is 2. The Morgan fingerprint density at radius 2 is 1.95 bits per heavy atom. The lowest BCUT2D eigenvalue weighted by Gasteiger charge is -2.14. The van der Waals surface area contributed by atoms with E-state index in [1.807, 2.05) is 0 Å². The van der Waals surface area contributed by atoms with Crippen LogP contribution in [0.1, 0.15) is 23.2 Å². The molecule has 0 heterocycles. The zero-order valence-corrected chi connectivity index (χ0v) is 12.8. The smallest absolute Gasteiger partial charge is 0.254 e. The highest BCUT2D eigenvalue weighted by molar-refractivity contribution is 6.34. The minimum Gasteiger partial charge on any atom is -0.345 e. The second-order valence-corrected chi connectivity index (χ2v) is 5.41. The van der Waals surface area contributed by atoms with Gasteiger partial charge in [0.15, 0.2) is 0 Å². The van der Waals surface area contributed by atoms with Gasteiger partial charge in [-0.3, -0.25) is 9.59 Å². The van der Waals surface area contributed by atoms with Crippen molar-refractivity contribution in [3.05, 3.63) is 28.8 Å². The Hall–Kier alpha value is -1.30. The SMILES string of the molecule is CN(C)C(=O)c1cc(NC(=O)C2(N)CC2)ccc1Cl.Cl. The second kappa shape index (κ2) is 5.99. The van der Waals surface area contributed by atoms with Crippen molar-refractivity contribution in [1.82, 2.24) is 4.90 Å². The molecule has 0 radical (unpaired) electrons. The van der Waals surface area contributed by atoms with Crippen molar-refractivity contribution in [2.24, 2.45) is 5.73 Å². The minimum atomic E-state index is -0.745. The first-order valence-electron chi connectivity index (χ1n) is 5.95. The first-order chi connectivity index (χ1) is 8.83. The number of halogens is 2. The van der Waals surface area contributed by atoms with Gasteiger partial charge < -0.3 is 16.0 Å². The summed E-state index contributed by atoms with van der Waals surface area (Å²) in [4.78, 5) is 25.2. The summed E-state index contributed by atoms with van der Waals surface area (Å²) in [7, 11) is 3.28. The molecule has 1 aromatic rings. The Balaban J connectivity index is 0.00000200. The summed E-state index contributed by atoms with van der Waals surface area (Å²) in [6.07, 6.45) is 1.38. The molecule has 1 aromatic carbocycles. The molecule has 110 valence electrons. The number of nitrogens with one attached hydrogen (secondary N) is 1. The van der Waals surface area contributed by atoms with Crippen LogP contribution >= 0.6 is 24.0 Å². The van der Waals surface area contributed by atoms with Crippen molar-refractivity contribution in [3.8, 4) is 0 Å². The lowest BCUT2D eigenvalue weighted by atomic mass is 10.1. The number of hydrogen-bond donors (Lipinski definition) is 2. The fourth-order valence-corrected chi connectivity index (χ4v) is 1.82. The van der Waals surface area contributed by atoms with Gasteiger partial charge in [-0.25, -0.2) is 0 Å². The van der Waals surface area contributed by atoms with Crippen LogP contribution in [0.5, 0.6) is 0 Å². The summed E-state index contributed by atoms with van der Waals surface area (Å²) in [6, 6.07) is 4.80. The Morgan fingerprint density at radius 3 is 2.45 bits per heavy atom. The zero-order chi connectivity index (χ0) is 14.2. The quantitative estimate of drug-likeness (QED) is 0.894. The molecule has 0 aromatic heterocycles. The molecular weight excluding hydrogens is 301 g/mol. The molecule has 0 spiro atoms. The molecule has 3 N–H and O–H groups in total. The Labute approximate surface area is 128 Å². The van der Waals surface area contributed by atoms with Gasteiger partial charge in [0.05, 0.1) is 16.1 Å². The number of nitrogens with two attached hydrogens (primary N) is 1. The molecule has 7 heteroatoms. The van der Waals surface area contributed by atoms with E-state index < -0.39 is 5.54 Å². The van der Waals surface area contributed by atoms with E-state index in [2.05, 4.69) is 5.32 Å². The lowest BCUT2D eigenvalue weighted by Crippen LogP contribution is -2.37. The van der Waals surface area contributed by atoms with Gasteiger partial charge in [-0.1, -0.05) is 11.6 Å². The Bertz CT molecular complexity index is 542. The highest BCUT2D eigenvalue weighted by Gasteiger charge is 2.45. The van der Waals surface area contributed by atoms with Gasteiger partial charge in [-0.05, 0) is 31.0 Å². The maximum absolute atomic E-state index is 11.9. The molecule has 20 heavy (non-hydrogen) atoms. The van der Waals surface area contributed by atoms with Gasteiger partial charge in [-0.2, -0.15) is 0 Å². The van der Waals surface area contributed by atoms with E-state index >= 15 is 0 Å². The van der Waals surface area contributed by atoms with Gasteiger partial charge in [0, 0.05) is 19.8 Å². The fourth-order valence-electron chi connectivity index (χ4n) is 1.63. The van der Waals surface area contributed by atoms with Crippen LogP contribution in [0.25, 0.3) is 0 Å². The summed E-state index contributed by atoms with van der Waals surface area (Å²) in [5, 5.41) is 3.06. The van der Waals surface area contributed by atoms with Crippen LogP contribution in [0.3, 0.4) is 0 Å². The van der Waals surface area contributed by atoms with E-state index in [-0.39, 0.29) is 24.2 Å². The molecule has 0 unspecified atom stereocenters. The van der Waals surface area contributed by atoms with Gasteiger partial charge in [0.2, 0.25) is 5.91 Å². The van der Waals surface area contributed by atoms with Crippen molar-refractivity contribution >= 4 is 41.5 Å². The number of hydrogen-bond acceptors (Lipinski definition) is 3. The summed E-state index contributed by atoms with van der Waals surface area (Å²) in [5.41, 5.74) is 5.93. The third kappa shape index (κ3) is 3.42. The molecule has 0 bridgehead atoms. The van der Waals surface area contributed by atoms with Crippen molar-refractivity contribution in [3.63, 3.8) is 0 Å². The number of carbonyl (C=O) groups is 2. The van der Waals surface area contributed by atoms with Gasteiger partial charge in [-0.15, -0.1) is 12.4 Å². The largest absolute Gasteiger partial charge is 0.345 e. The first kappa shape index (κ1) is 16.8. The predicted octanol–water partition coefficient (Wildman–Crippen LogP) is 1.89. The average molecular weight is 318 g/mol. The first-order valence-corrected chi connectivity index (χ1v) is 6.33. The van der Waals surface area contributed by atoms with Gasteiger partial charge in [0.25, 0.3) is 5.91 Å². The third-order valence-corrected chi connectivity index (χ3v) is 3.43. The summed E-state index contributed by atoms with van der Waals surface area (Å²) < 4.78 is 0. The number of benzene rings is 1. The maximum Gasteiger partial charge on any atom is 0.254 e. The van der Waals surface area contributed by atoms with Crippen molar-refractivity contribution in [2.75, 3.05) is 19.4 Å². The standard InChI is InChI=1S/C13H16ClN3O2.ClH/c1-17(2)11(18)9-7-8(3-4-10(9)14)16-12(19)13(15)5-6-13;/h3-4,7H,5-6,15H2,1-2H3,(H,16,19);1H. The summed E-state index contributed by atoms with van der Waals surface area (Å²) >= 11 is 5.99. The van der Waals surface area contributed by atoms with Crippen LogP contribution in [-0.4, -0.2) is 36.3 Å². The van der Waals surface area contributed by atoms with E-state index in [0.29, 0.717) is 29.1 Å². The van der Waals surface area contributed by atoms with Crippen LogP contribution in [0.4, 0.5) is 5.69 Å². The zero-order valence-electron chi connectivity index (χ0n) is 11.3.